The number of imide groups is 1. The highest BCUT2D eigenvalue weighted by Crippen LogP contribution is 2.38. The van der Waals surface area contributed by atoms with E-state index < -0.39 is 54.6 Å². The smallest absolute Gasteiger partial charge is 0.331 e. The SMILES string of the molecule is Cc1cccc(N(CC(=O)OCc2ccccc2)C(=O)c2ccc(-c3nn4c(c3C(N)=O)Nc3ccc(N5CCN(CC6CCN(c7ccc(N8CCC(=O)N(CC(=O)OCc9ccccc9)C8=O)cc7)CC6)CC5)cc3CC4)c(F)c2C)n1. The average Bonchev–Trinajstić information content (AvgIpc) is 3.30. The quantitative estimate of drug-likeness (QED) is 0.0821. The van der Waals surface area contributed by atoms with Crippen molar-refractivity contribution in [1.29, 1.82) is 0 Å². The molecule has 4 aliphatic rings. The summed E-state index contributed by atoms with van der Waals surface area (Å²) in [6, 6.07) is 39.9. The second kappa shape index (κ2) is 25.0. The number of esters is 2. The Morgan fingerprint density at radius 2 is 1.36 bits per heavy atom. The molecule has 3 saturated heterocycles. The third-order valence-corrected chi connectivity index (χ3v) is 16.2. The Bertz CT molecular complexity index is 3600. The zero-order valence-corrected chi connectivity index (χ0v) is 47.0. The van der Waals surface area contributed by atoms with Crippen molar-refractivity contribution in [2.24, 2.45) is 11.7 Å². The van der Waals surface area contributed by atoms with Crippen LogP contribution >= 0.6 is 0 Å². The van der Waals surface area contributed by atoms with Crippen LogP contribution in [0.5, 0.6) is 0 Å². The number of pyridine rings is 1. The lowest BCUT2D eigenvalue weighted by Gasteiger charge is -2.40. The second-order valence-corrected chi connectivity index (χ2v) is 21.7. The summed E-state index contributed by atoms with van der Waals surface area (Å²) in [6.45, 7) is 9.47. The molecule has 0 radical (unpaired) electrons. The number of piperazine rings is 1. The first-order valence-electron chi connectivity index (χ1n) is 28.4. The Hall–Kier alpha value is -9.43. The predicted octanol–water partition coefficient (Wildman–Crippen LogP) is 8.43. The first-order chi connectivity index (χ1) is 40.7. The van der Waals surface area contributed by atoms with Crippen molar-refractivity contribution >= 4 is 70.1 Å². The van der Waals surface area contributed by atoms with E-state index in [9.17, 15) is 28.8 Å². The van der Waals surface area contributed by atoms with Gasteiger partial charge in [-0.25, -0.2) is 18.9 Å². The van der Waals surface area contributed by atoms with Crippen molar-refractivity contribution < 1.29 is 42.6 Å². The minimum absolute atomic E-state index is 0.00752. The number of nitrogens with one attached hydrogen (secondary N) is 1. The van der Waals surface area contributed by atoms with Crippen LogP contribution in [-0.4, -0.2) is 126 Å². The number of benzene rings is 5. The van der Waals surface area contributed by atoms with E-state index >= 15 is 4.39 Å². The van der Waals surface area contributed by atoms with Crippen molar-refractivity contribution in [2.75, 3.05) is 90.4 Å². The van der Waals surface area contributed by atoms with Gasteiger partial charge in [0.05, 0.1) is 0 Å². The Kier molecular flexibility index (Phi) is 16.8. The predicted molar refractivity (Wildman–Crippen MR) is 317 cm³/mol. The molecule has 0 spiro atoms. The molecule has 0 bridgehead atoms. The number of nitrogens with zero attached hydrogens (tertiary/aromatic N) is 9. The summed E-state index contributed by atoms with van der Waals surface area (Å²) >= 11 is 0. The first-order valence-corrected chi connectivity index (χ1v) is 28.4. The van der Waals surface area contributed by atoms with Crippen LogP contribution in [-0.2, 0) is 50.0 Å². The summed E-state index contributed by atoms with van der Waals surface area (Å²) in [6.07, 6.45) is 2.80. The molecular weight excluding hydrogens is 1070 g/mol. The van der Waals surface area contributed by atoms with Gasteiger partial charge < -0.3 is 30.3 Å². The molecule has 6 heterocycles. The number of halogens is 1. The van der Waals surface area contributed by atoms with Crippen LogP contribution in [0.4, 0.5) is 43.6 Å². The highest BCUT2D eigenvalue weighted by Gasteiger charge is 2.36. The lowest BCUT2D eigenvalue weighted by molar-refractivity contribution is -0.149. The number of urea groups is 1. The van der Waals surface area contributed by atoms with Crippen LogP contribution in [0.2, 0.25) is 0 Å². The van der Waals surface area contributed by atoms with Gasteiger partial charge in [0.15, 0.2) is 0 Å². The topological polar surface area (TPSA) is 209 Å². The number of piperidine rings is 1. The lowest BCUT2D eigenvalue weighted by atomic mass is 9.95. The molecule has 0 saturated carbocycles. The number of nitrogens with two attached hydrogens (primary N) is 1. The molecule has 5 amide bonds. The van der Waals surface area contributed by atoms with Crippen molar-refractivity contribution in [3.05, 3.63) is 178 Å². The maximum Gasteiger partial charge on any atom is 0.331 e. The van der Waals surface area contributed by atoms with E-state index in [4.69, 9.17) is 20.3 Å². The number of carbonyl (C=O) groups excluding carboxylic acids is 6. The van der Waals surface area contributed by atoms with Crippen LogP contribution in [0.1, 0.15) is 67.9 Å². The number of rotatable bonds is 17. The number of fused-ring (bicyclic) bond motifs is 2. The number of hydrogen-bond donors (Lipinski definition) is 2. The van der Waals surface area contributed by atoms with Crippen molar-refractivity contribution in [2.45, 2.75) is 59.3 Å². The minimum atomic E-state index is -0.795. The van der Waals surface area contributed by atoms with Crippen LogP contribution in [0, 0.1) is 25.6 Å². The zero-order valence-electron chi connectivity index (χ0n) is 47.0. The third kappa shape index (κ3) is 12.5. The second-order valence-electron chi connectivity index (χ2n) is 21.7. The van der Waals surface area contributed by atoms with Gasteiger partial charge >= 0.3 is 18.0 Å². The summed E-state index contributed by atoms with van der Waals surface area (Å²) in [4.78, 5) is 95.2. The summed E-state index contributed by atoms with van der Waals surface area (Å²) in [5.74, 6) is -2.83. The van der Waals surface area contributed by atoms with Crippen LogP contribution in [0.15, 0.2) is 133 Å². The van der Waals surface area contributed by atoms with E-state index in [0.717, 1.165) is 97.3 Å². The van der Waals surface area contributed by atoms with Gasteiger partial charge in [-0.15, -0.1) is 0 Å². The van der Waals surface area contributed by atoms with E-state index in [2.05, 4.69) is 37.1 Å². The highest BCUT2D eigenvalue weighted by atomic mass is 19.1. The maximum absolute atomic E-state index is 16.8. The highest BCUT2D eigenvalue weighted by molar-refractivity contribution is 6.10. The van der Waals surface area contributed by atoms with Crippen molar-refractivity contribution in [1.82, 2.24) is 24.6 Å². The fourth-order valence-electron chi connectivity index (χ4n) is 11.5. The van der Waals surface area contributed by atoms with Crippen LogP contribution in [0.25, 0.3) is 11.3 Å². The molecule has 2 aromatic heterocycles. The number of carbonyl (C=O) groups is 6. The molecule has 7 aromatic rings. The number of amides is 5. The van der Waals surface area contributed by atoms with Gasteiger partial charge in [0.1, 0.15) is 55.0 Å². The molecule has 4 aliphatic heterocycles. The standard InChI is InChI=1S/C64H66FN11O8/c1-42-10-9-15-54(67-42)74(38-56(78)83-40-45-11-5-3-6-12-45)63(81)51-21-22-52(59(65)43(51)2)60-58(61(66)80)62-68-53-23-20-50(36-47(53)26-31-76(62)69-60)72-34-32-70(33-35-72)37-44-24-28-71(29-25-44)48-16-18-49(19-17-48)73-30-27-55(77)75(64(73)82)39-57(79)84-41-46-13-7-4-8-14-46/h3-23,36,44,68H,24-35,37-41H2,1-2H3,(H2,66,80). The molecule has 5 aromatic carbocycles. The Morgan fingerprint density at radius 3 is 2.04 bits per heavy atom. The molecule has 0 atom stereocenters. The molecule has 19 nitrogen and oxygen atoms in total. The summed E-state index contributed by atoms with van der Waals surface area (Å²) in [7, 11) is 0. The van der Waals surface area contributed by atoms with E-state index in [1.807, 2.05) is 91.0 Å². The number of hydrogen-bond acceptors (Lipinski definition) is 14. The minimum Gasteiger partial charge on any atom is -0.459 e. The molecule has 432 valence electrons. The van der Waals surface area contributed by atoms with E-state index in [0.29, 0.717) is 36.1 Å². The van der Waals surface area contributed by atoms with Gasteiger partial charge in [0.2, 0.25) is 5.91 Å². The van der Waals surface area contributed by atoms with Gasteiger partial charge in [-0.2, -0.15) is 5.10 Å². The Balaban J connectivity index is 0.677. The molecule has 20 heteroatoms. The third-order valence-electron chi connectivity index (χ3n) is 16.2. The fourth-order valence-corrected chi connectivity index (χ4v) is 11.5. The number of aryl methyl sites for hydroxylation is 3. The summed E-state index contributed by atoms with van der Waals surface area (Å²) in [5, 5.41) is 8.17. The van der Waals surface area contributed by atoms with Crippen LogP contribution in [0.3, 0.4) is 0 Å². The van der Waals surface area contributed by atoms with Gasteiger partial charge in [-0.05, 0) is 128 Å². The number of ether oxygens (including phenoxy) is 2. The molecule has 3 N–H and O–H groups in total. The van der Waals surface area contributed by atoms with Gasteiger partial charge in [0, 0.05) is 105 Å². The van der Waals surface area contributed by atoms with Gasteiger partial charge in [-0.1, -0.05) is 66.7 Å². The first kappa shape index (κ1) is 56.4. The Labute approximate surface area is 486 Å². The monoisotopic (exact) mass is 1140 g/mol. The number of anilines is 6. The molecule has 3 fully saturated rings. The lowest BCUT2D eigenvalue weighted by Crippen LogP contribution is -2.54. The molecule has 84 heavy (non-hydrogen) atoms. The zero-order chi connectivity index (χ0) is 58.4. The van der Waals surface area contributed by atoms with Crippen LogP contribution < -0.4 is 30.7 Å². The molecule has 0 unspecified atom stereocenters. The van der Waals surface area contributed by atoms with E-state index in [-0.39, 0.29) is 59.9 Å². The molecular formula is C64H66FN11O8. The van der Waals surface area contributed by atoms with E-state index in [1.54, 1.807) is 34.7 Å². The van der Waals surface area contributed by atoms with Gasteiger partial charge in [0.25, 0.3) is 11.8 Å². The fraction of sp³-hybridized carbons (Fsp3) is 0.312. The maximum atomic E-state index is 16.8. The average molecular weight is 1140 g/mol. The summed E-state index contributed by atoms with van der Waals surface area (Å²) < 4.78 is 29.3. The number of primary amides is 1. The van der Waals surface area contributed by atoms with E-state index in [1.165, 1.54) is 24.0 Å². The normalized spacial score (nSPS) is 15.7. The van der Waals surface area contributed by atoms with Crippen molar-refractivity contribution in [3.63, 3.8) is 0 Å². The summed E-state index contributed by atoms with van der Waals surface area (Å²) in [5.41, 5.74) is 13.0. The number of aromatic nitrogens is 3. The Morgan fingerprint density at radius 1 is 0.702 bits per heavy atom. The van der Waals surface area contributed by atoms with Crippen molar-refractivity contribution in [3.8, 4) is 11.3 Å². The molecule has 0 aliphatic carbocycles. The largest absolute Gasteiger partial charge is 0.459 e. The van der Waals surface area contributed by atoms with Gasteiger partial charge in [-0.3, -0.25) is 43.6 Å². The molecule has 11 rings (SSSR count).